The smallest absolute Gasteiger partial charge is 0.104 e. The molecular weight excluding hydrogens is 150 g/mol. The van der Waals surface area contributed by atoms with E-state index in [2.05, 4.69) is 18.0 Å². The average molecular weight is 161 g/mol. The molecule has 0 spiro atoms. The normalized spacial score (nSPS) is 9.55. The summed E-state index contributed by atoms with van der Waals surface area (Å²) in [7, 11) is -0.132. The van der Waals surface area contributed by atoms with E-state index < -0.39 is 0 Å². The first-order chi connectivity index (χ1) is 5.33. The van der Waals surface area contributed by atoms with E-state index in [1.54, 1.807) is 0 Å². The second-order valence-corrected chi connectivity index (χ2v) is 3.34. The van der Waals surface area contributed by atoms with Crippen molar-refractivity contribution in [3.05, 3.63) is 29.8 Å². The molecule has 2 N–H and O–H groups in total. The number of hydrogen-bond donors (Lipinski definition) is 1. The van der Waals surface area contributed by atoms with Crippen LogP contribution in [0.5, 0.6) is 0 Å². The fourth-order valence-electron chi connectivity index (χ4n) is 0.757. The summed E-state index contributed by atoms with van der Waals surface area (Å²) in [6, 6.07) is 7.65. The van der Waals surface area contributed by atoms with Crippen LogP contribution in [0, 0.1) is 11.5 Å². The highest BCUT2D eigenvalue weighted by Gasteiger charge is 1.84. The first-order valence-electron chi connectivity index (χ1n) is 3.67. The largest absolute Gasteiger partial charge is 0.399 e. The van der Waals surface area contributed by atoms with Crippen LogP contribution in [0.4, 0.5) is 5.69 Å². The van der Waals surface area contributed by atoms with Crippen LogP contribution in [-0.4, -0.2) is 9.52 Å². The summed E-state index contributed by atoms with van der Waals surface area (Å²) >= 11 is 0. The van der Waals surface area contributed by atoms with E-state index >= 15 is 0 Å². The first kappa shape index (κ1) is 7.90. The molecule has 0 aliphatic heterocycles. The number of nitrogen functional groups attached to an aromatic ring is 1. The molecule has 0 saturated carbocycles. The summed E-state index contributed by atoms with van der Waals surface area (Å²) in [6.45, 7) is 2.17. The quantitative estimate of drug-likeness (QED) is 0.340. The molecule has 1 nitrogen and oxygen atoms in total. The van der Waals surface area contributed by atoms with Crippen molar-refractivity contribution in [1.82, 2.24) is 0 Å². The zero-order chi connectivity index (χ0) is 8.10. The zero-order valence-corrected chi connectivity index (χ0v) is 8.01. The van der Waals surface area contributed by atoms with Crippen LogP contribution in [0.25, 0.3) is 0 Å². The van der Waals surface area contributed by atoms with Gasteiger partial charge < -0.3 is 5.73 Å². The van der Waals surface area contributed by atoms with Gasteiger partial charge in [-0.2, -0.15) is 0 Å². The molecule has 0 atom stereocenters. The minimum Gasteiger partial charge on any atom is -0.399 e. The summed E-state index contributed by atoms with van der Waals surface area (Å²) in [5.41, 5.74) is 10.5. The fourth-order valence-corrected chi connectivity index (χ4v) is 1.14. The number of anilines is 1. The molecule has 0 fully saturated rings. The van der Waals surface area contributed by atoms with Crippen molar-refractivity contribution >= 4 is 15.2 Å². The lowest BCUT2D eigenvalue weighted by Crippen LogP contribution is -1.83. The lowest BCUT2D eigenvalue weighted by molar-refractivity contribution is 1.64. The molecule has 11 heavy (non-hydrogen) atoms. The highest BCUT2D eigenvalue weighted by molar-refractivity contribution is 6.44. The molecular formula is C9H11NSi. The SMILES string of the molecule is C[SiH2]C#Cc1ccc(N)cc1. The Kier molecular flexibility index (Phi) is 2.76. The Labute approximate surface area is 69.4 Å². The molecule has 0 radical (unpaired) electrons. The predicted molar refractivity (Wildman–Crippen MR) is 52.1 cm³/mol. The Morgan fingerprint density at radius 2 is 1.91 bits per heavy atom. The van der Waals surface area contributed by atoms with E-state index in [-0.39, 0.29) is 9.52 Å². The Hall–Kier alpha value is -1.20. The molecule has 0 aliphatic rings. The van der Waals surface area contributed by atoms with Gasteiger partial charge in [-0.05, 0) is 24.3 Å². The highest BCUT2D eigenvalue weighted by atomic mass is 28.2. The summed E-state index contributed by atoms with van der Waals surface area (Å²) in [5.74, 6) is 3.08. The van der Waals surface area contributed by atoms with Gasteiger partial charge in [-0.3, -0.25) is 0 Å². The Morgan fingerprint density at radius 1 is 1.27 bits per heavy atom. The number of nitrogens with two attached hydrogens (primary N) is 1. The zero-order valence-electron chi connectivity index (χ0n) is 6.59. The van der Waals surface area contributed by atoms with E-state index in [0.717, 1.165) is 11.3 Å². The van der Waals surface area contributed by atoms with Crippen LogP contribution in [0.1, 0.15) is 5.56 Å². The lowest BCUT2D eigenvalue weighted by Gasteiger charge is -1.90. The van der Waals surface area contributed by atoms with E-state index in [4.69, 9.17) is 5.73 Å². The Bertz CT molecular complexity index is 279. The van der Waals surface area contributed by atoms with Gasteiger partial charge in [0.25, 0.3) is 0 Å². The van der Waals surface area contributed by atoms with Gasteiger partial charge in [0.15, 0.2) is 0 Å². The Morgan fingerprint density at radius 3 is 2.45 bits per heavy atom. The van der Waals surface area contributed by atoms with Gasteiger partial charge in [-0.15, -0.1) is 5.54 Å². The van der Waals surface area contributed by atoms with Crippen LogP contribution < -0.4 is 5.73 Å². The molecule has 1 aromatic carbocycles. The molecule has 0 aromatic heterocycles. The van der Waals surface area contributed by atoms with Crippen molar-refractivity contribution in [2.45, 2.75) is 6.55 Å². The molecule has 0 heterocycles. The maximum absolute atomic E-state index is 5.52. The molecule has 0 bridgehead atoms. The van der Waals surface area contributed by atoms with E-state index in [0.29, 0.717) is 0 Å². The Balaban J connectivity index is 2.82. The van der Waals surface area contributed by atoms with Gasteiger partial charge in [0.1, 0.15) is 9.52 Å². The third-order valence-electron chi connectivity index (χ3n) is 1.32. The van der Waals surface area contributed by atoms with Crippen molar-refractivity contribution in [3.63, 3.8) is 0 Å². The molecule has 2 heteroatoms. The standard InChI is InChI=1S/C9H11NSi/c1-11-7-6-8-2-4-9(10)5-3-8/h2-5H,10-11H2,1H3. The fraction of sp³-hybridized carbons (Fsp3) is 0.111. The van der Waals surface area contributed by atoms with Crippen LogP contribution in [0.15, 0.2) is 24.3 Å². The monoisotopic (exact) mass is 161 g/mol. The van der Waals surface area contributed by atoms with Gasteiger partial charge >= 0.3 is 0 Å². The van der Waals surface area contributed by atoms with Gasteiger partial charge in [-0.25, -0.2) is 0 Å². The van der Waals surface area contributed by atoms with Crippen LogP contribution >= 0.6 is 0 Å². The van der Waals surface area contributed by atoms with Crippen molar-refractivity contribution in [1.29, 1.82) is 0 Å². The summed E-state index contributed by atoms with van der Waals surface area (Å²) in [4.78, 5) is 0. The second-order valence-electron chi connectivity index (χ2n) is 2.28. The van der Waals surface area contributed by atoms with E-state index in [9.17, 15) is 0 Å². The topological polar surface area (TPSA) is 26.0 Å². The van der Waals surface area contributed by atoms with Crippen molar-refractivity contribution in [2.24, 2.45) is 0 Å². The van der Waals surface area contributed by atoms with E-state index in [1.165, 1.54) is 0 Å². The maximum atomic E-state index is 5.52. The molecule has 56 valence electrons. The summed E-state index contributed by atoms with van der Waals surface area (Å²) in [6.07, 6.45) is 0. The number of benzene rings is 1. The van der Waals surface area contributed by atoms with Gasteiger partial charge in [0.2, 0.25) is 0 Å². The number of hydrogen-bond acceptors (Lipinski definition) is 1. The predicted octanol–water partition coefficient (Wildman–Crippen LogP) is 0.795. The second kappa shape index (κ2) is 3.84. The third kappa shape index (κ3) is 2.48. The lowest BCUT2D eigenvalue weighted by atomic mass is 10.2. The summed E-state index contributed by atoms with van der Waals surface area (Å²) in [5, 5.41) is 0. The van der Waals surface area contributed by atoms with Gasteiger partial charge in [0.05, 0.1) is 0 Å². The van der Waals surface area contributed by atoms with Crippen LogP contribution in [-0.2, 0) is 0 Å². The van der Waals surface area contributed by atoms with E-state index in [1.807, 2.05) is 24.3 Å². The molecule has 0 saturated heterocycles. The van der Waals surface area contributed by atoms with Gasteiger partial charge in [0, 0.05) is 11.3 Å². The van der Waals surface area contributed by atoms with Crippen molar-refractivity contribution < 1.29 is 0 Å². The first-order valence-corrected chi connectivity index (χ1v) is 5.79. The molecule has 0 unspecified atom stereocenters. The number of rotatable bonds is 0. The van der Waals surface area contributed by atoms with Crippen LogP contribution in [0.2, 0.25) is 6.55 Å². The maximum Gasteiger partial charge on any atom is 0.104 e. The van der Waals surface area contributed by atoms with Gasteiger partial charge in [-0.1, -0.05) is 12.5 Å². The molecule has 1 rings (SSSR count). The third-order valence-corrected chi connectivity index (χ3v) is 1.85. The average Bonchev–Trinajstić information content (AvgIpc) is 2.04. The van der Waals surface area contributed by atoms with Crippen molar-refractivity contribution in [2.75, 3.05) is 5.73 Å². The molecule has 0 aliphatic carbocycles. The molecule has 0 amide bonds. The molecule has 1 aromatic rings. The minimum atomic E-state index is -0.132. The van der Waals surface area contributed by atoms with Crippen molar-refractivity contribution in [3.8, 4) is 11.5 Å². The minimum absolute atomic E-state index is 0.132. The summed E-state index contributed by atoms with van der Waals surface area (Å²) < 4.78 is 0. The van der Waals surface area contributed by atoms with Crippen LogP contribution in [0.3, 0.4) is 0 Å². The highest BCUT2D eigenvalue weighted by Crippen LogP contribution is 2.03.